The Kier molecular flexibility index (Phi) is 0.508. The molecule has 3 fully saturated rings. The van der Waals surface area contributed by atoms with E-state index in [9.17, 15) is 0 Å². The maximum absolute atomic E-state index is 5.93. The van der Waals surface area contributed by atoms with Crippen LogP contribution in [0.15, 0.2) is 0 Å². The van der Waals surface area contributed by atoms with Gasteiger partial charge in [0.05, 0.1) is 0 Å². The minimum absolute atomic E-state index is 0.597. The van der Waals surface area contributed by atoms with Gasteiger partial charge in [0.25, 0.3) is 0 Å². The van der Waals surface area contributed by atoms with Gasteiger partial charge in [-0.3, -0.25) is 0 Å². The predicted octanol–water partition coefficient (Wildman–Crippen LogP) is 1.28. The van der Waals surface area contributed by atoms with Crippen LogP contribution < -0.4 is 5.73 Å². The van der Waals surface area contributed by atoms with Crippen molar-refractivity contribution in [3.63, 3.8) is 0 Å². The molecule has 0 radical (unpaired) electrons. The van der Waals surface area contributed by atoms with Gasteiger partial charge in [0.1, 0.15) is 0 Å². The van der Waals surface area contributed by atoms with Crippen LogP contribution in [0.5, 0.6) is 0 Å². The summed E-state index contributed by atoms with van der Waals surface area (Å²) in [6.45, 7) is 0. The zero-order valence-corrected chi connectivity index (χ0v) is 5.69. The molecule has 0 bridgehead atoms. The van der Waals surface area contributed by atoms with Crippen molar-refractivity contribution in [2.75, 3.05) is 0 Å². The van der Waals surface area contributed by atoms with Crippen molar-refractivity contribution in [1.82, 2.24) is 0 Å². The van der Waals surface area contributed by atoms with Gasteiger partial charge in [-0.25, -0.2) is 0 Å². The molecule has 0 saturated heterocycles. The Hall–Kier alpha value is -0.0400. The summed E-state index contributed by atoms with van der Waals surface area (Å²) in [5.74, 6) is 0. The molecule has 0 aromatic carbocycles. The number of rotatable bonds is 0. The minimum Gasteiger partial charge on any atom is -0.327 e. The fourth-order valence-electron chi connectivity index (χ4n) is 2.97. The smallest absolute Gasteiger partial charge is 0.0106 e. The van der Waals surface area contributed by atoms with E-state index in [1.54, 1.807) is 0 Å². The Morgan fingerprint density at radius 2 is 1.78 bits per heavy atom. The van der Waals surface area contributed by atoms with Crippen molar-refractivity contribution in [3.8, 4) is 0 Å². The summed E-state index contributed by atoms with van der Waals surface area (Å²) in [5, 5.41) is 0. The first kappa shape index (κ1) is 4.73. The maximum atomic E-state index is 5.93. The number of hydrogen-bond acceptors (Lipinski definition) is 1. The van der Waals surface area contributed by atoms with Gasteiger partial charge in [-0.15, -0.1) is 0 Å². The zero-order chi connectivity index (χ0) is 6.11. The molecule has 1 unspecified atom stereocenters. The fraction of sp³-hybridized carbons (Fsp3) is 1.00. The highest BCUT2D eigenvalue weighted by molar-refractivity contribution is 5.26. The van der Waals surface area contributed by atoms with Crippen LogP contribution in [0.25, 0.3) is 0 Å². The normalized spacial score (nSPS) is 47.0. The summed E-state index contributed by atoms with van der Waals surface area (Å²) >= 11 is 0. The fourth-order valence-corrected chi connectivity index (χ4v) is 2.97. The maximum Gasteiger partial charge on any atom is 0.0106 e. The van der Waals surface area contributed by atoms with E-state index in [0.29, 0.717) is 11.5 Å². The minimum atomic E-state index is 0.597. The third kappa shape index (κ3) is 0.315. The van der Waals surface area contributed by atoms with Crippen molar-refractivity contribution in [1.29, 1.82) is 0 Å². The van der Waals surface area contributed by atoms with E-state index >= 15 is 0 Å². The first-order valence-corrected chi connectivity index (χ1v) is 4.05. The molecule has 0 aromatic heterocycles. The molecule has 3 aliphatic carbocycles. The van der Waals surface area contributed by atoms with Crippen molar-refractivity contribution in [3.05, 3.63) is 0 Å². The van der Waals surface area contributed by atoms with Gasteiger partial charge in [-0.05, 0) is 42.9 Å². The van der Waals surface area contributed by atoms with Crippen LogP contribution in [0.1, 0.15) is 32.1 Å². The molecule has 3 saturated carbocycles. The average Bonchev–Trinajstić information content (AvgIpc) is 2.62. The standard InChI is InChI=1S/C8H13N/c9-6-5-7(1-2-7)8(6)3-4-8/h6H,1-5,9H2. The molecule has 3 aliphatic rings. The van der Waals surface area contributed by atoms with E-state index < -0.39 is 0 Å². The highest BCUT2D eigenvalue weighted by atomic mass is 14.9. The summed E-state index contributed by atoms with van der Waals surface area (Å²) in [6.07, 6.45) is 7.26. The second kappa shape index (κ2) is 0.968. The van der Waals surface area contributed by atoms with Crippen molar-refractivity contribution in [2.24, 2.45) is 16.6 Å². The third-order valence-electron chi connectivity index (χ3n) is 4.02. The number of nitrogens with two attached hydrogens (primary N) is 1. The van der Waals surface area contributed by atoms with Crippen molar-refractivity contribution >= 4 is 0 Å². The van der Waals surface area contributed by atoms with E-state index in [4.69, 9.17) is 5.73 Å². The molecule has 2 N–H and O–H groups in total. The van der Waals surface area contributed by atoms with E-state index in [1.807, 2.05) is 0 Å². The van der Waals surface area contributed by atoms with Gasteiger partial charge >= 0.3 is 0 Å². The lowest BCUT2D eigenvalue weighted by Gasteiger charge is -2.45. The molecule has 1 atom stereocenters. The highest BCUT2D eigenvalue weighted by Gasteiger charge is 2.74. The molecule has 3 rings (SSSR count). The van der Waals surface area contributed by atoms with Gasteiger partial charge in [-0.1, -0.05) is 0 Å². The Morgan fingerprint density at radius 3 is 2.00 bits per heavy atom. The zero-order valence-electron chi connectivity index (χ0n) is 5.69. The lowest BCUT2D eigenvalue weighted by atomic mass is 9.63. The van der Waals surface area contributed by atoms with E-state index in [1.165, 1.54) is 32.1 Å². The van der Waals surface area contributed by atoms with Crippen LogP contribution >= 0.6 is 0 Å². The van der Waals surface area contributed by atoms with Crippen molar-refractivity contribution in [2.45, 2.75) is 38.1 Å². The van der Waals surface area contributed by atoms with Crippen LogP contribution in [-0.2, 0) is 0 Å². The van der Waals surface area contributed by atoms with Gasteiger partial charge in [0.15, 0.2) is 0 Å². The molecule has 1 heteroatoms. The van der Waals surface area contributed by atoms with Gasteiger partial charge in [0, 0.05) is 6.04 Å². The van der Waals surface area contributed by atoms with E-state index in [0.717, 1.165) is 5.41 Å². The molecular weight excluding hydrogens is 110 g/mol. The average molecular weight is 123 g/mol. The van der Waals surface area contributed by atoms with Crippen LogP contribution in [0, 0.1) is 10.8 Å². The van der Waals surface area contributed by atoms with Crippen molar-refractivity contribution < 1.29 is 0 Å². The Labute approximate surface area is 55.6 Å². The quantitative estimate of drug-likeness (QED) is 0.516. The monoisotopic (exact) mass is 123 g/mol. The molecule has 0 amide bonds. The van der Waals surface area contributed by atoms with Crippen LogP contribution in [0.4, 0.5) is 0 Å². The van der Waals surface area contributed by atoms with E-state index in [2.05, 4.69) is 0 Å². The first-order valence-electron chi connectivity index (χ1n) is 4.05. The third-order valence-corrected chi connectivity index (χ3v) is 4.02. The lowest BCUT2D eigenvalue weighted by Crippen LogP contribution is -2.50. The molecular formula is C8H13N. The number of fused-ring (bicyclic) bond motifs is 1. The molecule has 9 heavy (non-hydrogen) atoms. The Morgan fingerprint density at radius 1 is 1.11 bits per heavy atom. The van der Waals surface area contributed by atoms with Gasteiger partial charge in [0.2, 0.25) is 0 Å². The summed E-state index contributed by atoms with van der Waals surface area (Å²) in [4.78, 5) is 0. The molecule has 0 heterocycles. The van der Waals surface area contributed by atoms with Crippen LogP contribution in [-0.4, -0.2) is 6.04 Å². The SMILES string of the molecule is NC1CC2(CC2)C12CC2. The van der Waals surface area contributed by atoms with Gasteiger partial charge < -0.3 is 5.73 Å². The summed E-state index contributed by atoms with van der Waals surface area (Å²) in [5.41, 5.74) is 7.48. The highest BCUT2D eigenvalue weighted by Crippen LogP contribution is 2.80. The van der Waals surface area contributed by atoms with Crippen LogP contribution in [0.2, 0.25) is 0 Å². The molecule has 2 spiro atoms. The summed E-state index contributed by atoms with van der Waals surface area (Å²) in [6, 6.07) is 0.597. The number of hydrogen-bond donors (Lipinski definition) is 1. The molecule has 50 valence electrons. The predicted molar refractivity (Wildman–Crippen MR) is 35.9 cm³/mol. The summed E-state index contributed by atoms with van der Waals surface area (Å²) in [7, 11) is 0. The molecule has 0 aromatic rings. The molecule has 1 nitrogen and oxygen atoms in total. The topological polar surface area (TPSA) is 26.0 Å². The van der Waals surface area contributed by atoms with E-state index in [-0.39, 0.29) is 0 Å². The summed E-state index contributed by atoms with van der Waals surface area (Å²) < 4.78 is 0. The Bertz CT molecular complexity index is 165. The largest absolute Gasteiger partial charge is 0.327 e. The second-order valence-electron chi connectivity index (χ2n) is 4.25. The lowest BCUT2D eigenvalue weighted by molar-refractivity contribution is 0.0822. The van der Waals surface area contributed by atoms with Crippen LogP contribution in [0.3, 0.4) is 0 Å². The van der Waals surface area contributed by atoms with Gasteiger partial charge in [-0.2, -0.15) is 0 Å². The second-order valence-corrected chi connectivity index (χ2v) is 4.25. The first-order chi connectivity index (χ1) is 4.29. The Balaban J connectivity index is 1.97. The molecule has 0 aliphatic heterocycles.